The van der Waals surface area contributed by atoms with E-state index in [1.807, 2.05) is 30.3 Å². The third kappa shape index (κ3) is 2.55. The number of anilines is 1. The predicted molar refractivity (Wildman–Crippen MR) is 92.9 cm³/mol. The molecule has 0 unspecified atom stereocenters. The number of nitrogen functional groups attached to an aromatic ring is 1. The minimum Gasteiger partial charge on any atom is -0.399 e. The fourth-order valence-corrected chi connectivity index (χ4v) is 3.36. The van der Waals surface area contributed by atoms with E-state index in [1.54, 1.807) is 6.21 Å². The second-order valence-corrected chi connectivity index (χ2v) is 6.16. The Balaban J connectivity index is 1.86. The fraction of sp³-hybridized carbons (Fsp3) is 0.125. The maximum atomic E-state index is 12.3. The van der Waals surface area contributed by atoms with Gasteiger partial charge in [-0.05, 0) is 30.2 Å². The second kappa shape index (κ2) is 5.44. The van der Waals surface area contributed by atoms with Gasteiger partial charge in [-0.1, -0.05) is 23.5 Å². The van der Waals surface area contributed by atoms with Crippen molar-refractivity contribution in [2.24, 2.45) is 4.99 Å². The molecule has 114 valence electrons. The molecule has 0 atom stereocenters. The lowest BCUT2D eigenvalue weighted by molar-refractivity contribution is 0.895. The molecule has 1 aromatic carbocycles. The van der Waals surface area contributed by atoms with Gasteiger partial charge in [0.1, 0.15) is 5.01 Å². The molecule has 0 spiro atoms. The zero-order valence-electron chi connectivity index (χ0n) is 12.1. The van der Waals surface area contributed by atoms with Crippen molar-refractivity contribution < 1.29 is 0 Å². The number of hydrogen-bond acceptors (Lipinski definition) is 6. The Labute approximate surface area is 135 Å². The van der Waals surface area contributed by atoms with Crippen LogP contribution in [0.1, 0.15) is 12.1 Å². The van der Waals surface area contributed by atoms with Crippen LogP contribution in [0.5, 0.6) is 0 Å². The van der Waals surface area contributed by atoms with Crippen molar-refractivity contribution in [1.29, 1.82) is 0 Å². The second-order valence-electron chi connectivity index (χ2n) is 5.20. The van der Waals surface area contributed by atoms with E-state index in [1.165, 1.54) is 21.9 Å². The average Bonchev–Trinajstić information content (AvgIpc) is 3.00. The lowest BCUT2D eigenvalue weighted by Crippen LogP contribution is -2.15. The number of aliphatic imine (C=N–C) groups is 1. The topological polar surface area (TPSA) is 85.6 Å². The first kappa shape index (κ1) is 13.8. The van der Waals surface area contributed by atoms with Gasteiger partial charge in [0.15, 0.2) is 0 Å². The fourth-order valence-electron chi connectivity index (χ4n) is 2.46. The van der Waals surface area contributed by atoms with E-state index < -0.39 is 0 Å². The summed E-state index contributed by atoms with van der Waals surface area (Å²) in [4.78, 5) is 21.7. The van der Waals surface area contributed by atoms with Crippen molar-refractivity contribution in [2.45, 2.75) is 6.42 Å². The first-order valence-corrected chi connectivity index (χ1v) is 7.98. The van der Waals surface area contributed by atoms with Crippen LogP contribution in [0.4, 0.5) is 5.69 Å². The van der Waals surface area contributed by atoms with Crippen LogP contribution in [0, 0.1) is 0 Å². The smallest absolute Gasteiger partial charge is 0.275 e. The zero-order chi connectivity index (χ0) is 15.8. The van der Waals surface area contributed by atoms with Gasteiger partial charge in [0.25, 0.3) is 5.56 Å². The quantitative estimate of drug-likeness (QED) is 0.733. The number of nitrogens with zero attached hydrogens (tertiary/aromatic N) is 4. The molecule has 6 nitrogen and oxygen atoms in total. The van der Waals surface area contributed by atoms with Crippen molar-refractivity contribution >= 4 is 33.8 Å². The van der Waals surface area contributed by atoms with Gasteiger partial charge in [-0.3, -0.25) is 9.79 Å². The molecule has 2 N–H and O–H groups in total. The summed E-state index contributed by atoms with van der Waals surface area (Å²) < 4.78 is 1.34. The number of aromatic nitrogens is 3. The van der Waals surface area contributed by atoms with E-state index in [-0.39, 0.29) is 5.56 Å². The predicted octanol–water partition coefficient (Wildman–Crippen LogP) is 2.26. The number of fused-ring (bicyclic) bond motifs is 1. The number of nitrogens with two attached hydrogens (primary N) is 1. The Hall–Kier alpha value is -2.80. The summed E-state index contributed by atoms with van der Waals surface area (Å²) in [5.74, 6) is 0. The largest absolute Gasteiger partial charge is 0.399 e. The third-order valence-electron chi connectivity index (χ3n) is 3.60. The molecule has 4 rings (SSSR count). The molecule has 0 radical (unpaired) electrons. The van der Waals surface area contributed by atoms with Gasteiger partial charge in [0.05, 0.1) is 5.69 Å². The maximum absolute atomic E-state index is 12.3. The molecule has 0 saturated heterocycles. The van der Waals surface area contributed by atoms with Crippen LogP contribution in [-0.2, 0) is 0 Å². The molecule has 3 heterocycles. The number of hydrogen-bond donors (Lipinski definition) is 1. The molecule has 0 aliphatic carbocycles. The van der Waals surface area contributed by atoms with Gasteiger partial charge < -0.3 is 5.73 Å². The summed E-state index contributed by atoms with van der Waals surface area (Å²) in [6.45, 7) is 0.726. The average molecular weight is 323 g/mol. The van der Waals surface area contributed by atoms with Gasteiger partial charge in [-0.15, -0.1) is 0 Å². The number of allylic oxidation sites excluding steroid dienone is 1. The van der Waals surface area contributed by atoms with E-state index in [4.69, 9.17) is 5.73 Å². The molecule has 2 aromatic heterocycles. The first-order chi connectivity index (χ1) is 11.2. The van der Waals surface area contributed by atoms with E-state index in [0.29, 0.717) is 16.3 Å². The highest BCUT2D eigenvalue weighted by Crippen LogP contribution is 2.26. The van der Waals surface area contributed by atoms with Crippen LogP contribution < -0.4 is 11.3 Å². The minimum atomic E-state index is -0.181. The molecule has 1 aliphatic rings. The van der Waals surface area contributed by atoms with Gasteiger partial charge >= 0.3 is 0 Å². The molecule has 0 fully saturated rings. The van der Waals surface area contributed by atoms with Crippen molar-refractivity contribution in [3.8, 4) is 10.6 Å². The Kier molecular flexibility index (Phi) is 3.27. The Morgan fingerprint density at radius 2 is 2.17 bits per heavy atom. The molecule has 1 aliphatic heterocycles. The van der Waals surface area contributed by atoms with Crippen LogP contribution in [0.3, 0.4) is 0 Å². The van der Waals surface area contributed by atoms with Gasteiger partial charge in [-0.2, -0.15) is 9.61 Å². The first-order valence-electron chi connectivity index (χ1n) is 7.17. The minimum absolute atomic E-state index is 0.181. The summed E-state index contributed by atoms with van der Waals surface area (Å²) >= 11 is 1.38. The van der Waals surface area contributed by atoms with Gasteiger partial charge in [0, 0.05) is 30.1 Å². The summed E-state index contributed by atoms with van der Waals surface area (Å²) in [5, 5.41) is 5.09. The number of dihydropyridines is 1. The maximum Gasteiger partial charge on any atom is 0.275 e. The zero-order valence-corrected chi connectivity index (χ0v) is 13.0. The number of rotatable bonds is 2. The Bertz CT molecular complexity index is 1010. The lowest BCUT2D eigenvalue weighted by Gasteiger charge is -2.07. The van der Waals surface area contributed by atoms with E-state index >= 15 is 0 Å². The number of benzene rings is 1. The Morgan fingerprint density at radius 1 is 1.26 bits per heavy atom. The summed E-state index contributed by atoms with van der Waals surface area (Å²) in [7, 11) is 0. The summed E-state index contributed by atoms with van der Waals surface area (Å²) in [6.07, 6.45) is 4.45. The summed E-state index contributed by atoms with van der Waals surface area (Å²) in [6, 6.07) is 8.96. The third-order valence-corrected chi connectivity index (χ3v) is 4.56. The standard InChI is InChI=1S/C16H13N5OS/c17-12-3-1-2-11(8-12)15-20-21-14(22)9-13(19-16(21)23-15)10-4-6-18-7-5-10/h1-4,6,8-9H,5,7,17H2. The monoisotopic (exact) mass is 323 g/mol. The van der Waals surface area contributed by atoms with Gasteiger partial charge in [-0.25, -0.2) is 4.98 Å². The van der Waals surface area contributed by atoms with Crippen molar-refractivity contribution in [2.75, 3.05) is 12.3 Å². The van der Waals surface area contributed by atoms with Crippen LogP contribution in [0.2, 0.25) is 0 Å². The van der Waals surface area contributed by atoms with Crippen molar-refractivity contribution in [1.82, 2.24) is 14.6 Å². The normalized spacial score (nSPS) is 14.2. The van der Waals surface area contributed by atoms with Crippen molar-refractivity contribution in [3.05, 3.63) is 52.5 Å². The summed E-state index contributed by atoms with van der Waals surface area (Å²) in [5.41, 5.74) is 8.90. The van der Waals surface area contributed by atoms with Crippen LogP contribution in [0.15, 0.2) is 46.2 Å². The molecule has 0 saturated carbocycles. The van der Waals surface area contributed by atoms with E-state index in [9.17, 15) is 4.79 Å². The van der Waals surface area contributed by atoms with E-state index in [0.717, 1.165) is 29.1 Å². The Morgan fingerprint density at radius 3 is 2.96 bits per heavy atom. The highest BCUT2D eigenvalue weighted by atomic mass is 32.1. The lowest BCUT2D eigenvalue weighted by atomic mass is 10.1. The SMILES string of the molecule is Nc1cccc(-c2nn3c(=O)cc(C4=CC=NCC4)nc3s2)c1. The molecule has 3 aromatic rings. The van der Waals surface area contributed by atoms with Crippen LogP contribution >= 0.6 is 11.3 Å². The highest BCUT2D eigenvalue weighted by molar-refractivity contribution is 7.19. The molecule has 7 heteroatoms. The van der Waals surface area contributed by atoms with Crippen LogP contribution in [-0.4, -0.2) is 27.4 Å². The molecular weight excluding hydrogens is 310 g/mol. The highest BCUT2D eigenvalue weighted by Gasteiger charge is 2.13. The molecule has 0 bridgehead atoms. The van der Waals surface area contributed by atoms with E-state index in [2.05, 4.69) is 15.1 Å². The molecular formula is C16H13N5OS. The van der Waals surface area contributed by atoms with Crippen molar-refractivity contribution in [3.63, 3.8) is 0 Å². The van der Waals surface area contributed by atoms with Crippen LogP contribution in [0.25, 0.3) is 21.1 Å². The molecule has 0 amide bonds. The molecule has 23 heavy (non-hydrogen) atoms. The van der Waals surface area contributed by atoms with Gasteiger partial charge in [0.2, 0.25) is 4.96 Å².